The maximum absolute atomic E-state index is 13.1. The number of nitrogens with zero attached hydrogens (tertiary/aromatic N) is 1. The van der Waals surface area contributed by atoms with Gasteiger partial charge < -0.3 is 9.64 Å². The lowest BCUT2D eigenvalue weighted by atomic mass is 9.99. The summed E-state index contributed by atoms with van der Waals surface area (Å²) in [4.78, 5) is 13.7. The highest BCUT2D eigenvalue weighted by atomic mass is 19.1. The minimum absolute atomic E-state index is 0.204. The molecule has 1 aromatic carbocycles. The second-order valence-electron chi connectivity index (χ2n) is 6.42. The monoisotopic (exact) mass is 279 g/mol. The van der Waals surface area contributed by atoms with Crippen LogP contribution in [0.2, 0.25) is 0 Å². The molecule has 0 spiro atoms. The molecular weight excluding hydrogens is 257 g/mol. The average molecular weight is 279 g/mol. The number of halogens is 1. The number of carbonyl (C=O) groups is 1. The van der Waals surface area contributed by atoms with Crippen molar-refractivity contribution in [1.29, 1.82) is 0 Å². The first-order valence-electron chi connectivity index (χ1n) is 7.06. The van der Waals surface area contributed by atoms with Crippen LogP contribution >= 0.6 is 0 Å². The predicted octanol–water partition coefficient (Wildman–Crippen LogP) is 3.63. The van der Waals surface area contributed by atoms with E-state index in [1.807, 2.05) is 26.8 Å². The Labute approximate surface area is 119 Å². The molecular formula is C16H22FNO2. The highest BCUT2D eigenvalue weighted by molar-refractivity contribution is 5.68. The zero-order valence-corrected chi connectivity index (χ0v) is 12.4. The minimum atomic E-state index is -0.461. The molecule has 20 heavy (non-hydrogen) atoms. The zero-order valence-electron chi connectivity index (χ0n) is 12.4. The van der Waals surface area contributed by atoms with Crippen molar-refractivity contribution < 1.29 is 13.9 Å². The van der Waals surface area contributed by atoms with Crippen LogP contribution in [0.3, 0.4) is 0 Å². The smallest absolute Gasteiger partial charge is 0.410 e. The fourth-order valence-electron chi connectivity index (χ4n) is 2.49. The Hall–Kier alpha value is -1.58. The number of rotatable bonds is 2. The third kappa shape index (κ3) is 4.22. The standard InChI is InChI=1S/C16H22FNO2/c1-16(2,3)20-15(19)18-8-7-13(11-18)9-12-5-4-6-14(17)10-12/h4-6,10,13H,7-9,11H2,1-3H3/t13-/m1/s1. The van der Waals surface area contributed by atoms with Crippen molar-refractivity contribution in [2.45, 2.75) is 39.2 Å². The van der Waals surface area contributed by atoms with E-state index in [0.29, 0.717) is 12.5 Å². The summed E-state index contributed by atoms with van der Waals surface area (Å²) in [5.74, 6) is 0.175. The maximum atomic E-state index is 13.1. The van der Waals surface area contributed by atoms with Crippen molar-refractivity contribution in [3.8, 4) is 0 Å². The normalized spacial score (nSPS) is 19.2. The third-order valence-electron chi connectivity index (χ3n) is 3.35. The van der Waals surface area contributed by atoms with Gasteiger partial charge >= 0.3 is 6.09 Å². The van der Waals surface area contributed by atoms with E-state index in [4.69, 9.17) is 4.74 Å². The molecule has 0 aromatic heterocycles. The van der Waals surface area contributed by atoms with Gasteiger partial charge in [-0.25, -0.2) is 9.18 Å². The number of amides is 1. The van der Waals surface area contributed by atoms with Gasteiger partial charge in [0, 0.05) is 13.1 Å². The molecule has 0 radical (unpaired) electrons. The van der Waals surface area contributed by atoms with Crippen molar-refractivity contribution in [2.24, 2.45) is 5.92 Å². The summed E-state index contributed by atoms with van der Waals surface area (Å²) in [5, 5.41) is 0. The van der Waals surface area contributed by atoms with Gasteiger partial charge in [-0.3, -0.25) is 0 Å². The Balaban J connectivity index is 1.88. The second-order valence-corrected chi connectivity index (χ2v) is 6.42. The predicted molar refractivity (Wildman–Crippen MR) is 76.0 cm³/mol. The van der Waals surface area contributed by atoms with Crippen molar-refractivity contribution in [3.05, 3.63) is 35.6 Å². The summed E-state index contributed by atoms with van der Waals surface area (Å²) in [6.07, 6.45) is 1.49. The lowest BCUT2D eigenvalue weighted by molar-refractivity contribution is 0.0288. The Morgan fingerprint density at radius 2 is 2.20 bits per heavy atom. The van der Waals surface area contributed by atoms with E-state index in [2.05, 4.69) is 0 Å². The van der Waals surface area contributed by atoms with Gasteiger partial charge in [0.2, 0.25) is 0 Å². The highest BCUT2D eigenvalue weighted by Crippen LogP contribution is 2.23. The molecule has 1 amide bonds. The van der Waals surface area contributed by atoms with Crippen LogP contribution in [0.5, 0.6) is 0 Å². The molecule has 1 atom stereocenters. The lowest BCUT2D eigenvalue weighted by Gasteiger charge is -2.24. The van der Waals surface area contributed by atoms with Gasteiger partial charge in [0.25, 0.3) is 0 Å². The van der Waals surface area contributed by atoms with Gasteiger partial charge in [0.05, 0.1) is 0 Å². The fourth-order valence-corrected chi connectivity index (χ4v) is 2.49. The van der Waals surface area contributed by atoms with Crippen LogP contribution in [0.1, 0.15) is 32.8 Å². The molecule has 1 aliphatic rings. The molecule has 1 aromatic rings. The van der Waals surface area contributed by atoms with E-state index in [1.165, 1.54) is 6.07 Å². The number of hydrogen-bond acceptors (Lipinski definition) is 2. The highest BCUT2D eigenvalue weighted by Gasteiger charge is 2.29. The summed E-state index contributed by atoms with van der Waals surface area (Å²) in [6.45, 7) is 7.00. The summed E-state index contributed by atoms with van der Waals surface area (Å²) in [6, 6.07) is 6.67. The summed E-state index contributed by atoms with van der Waals surface area (Å²) in [5.41, 5.74) is 0.526. The quantitative estimate of drug-likeness (QED) is 0.827. The summed E-state index contributed by atoms with van der Waals surface area (Å²) < 4.78 is 18.5. The van der Waals surface area contributed by atoms with Crippen LogP contribution in [0.15, 0.2) is 24.3 Å². The molecule has 0 bridgehead atoms. The molecule has 3 nitrogen and oxygen atoms in total. The molecule has 110 valence electrons. The number of carbonyl (C=O) groups excluding carboxylic acids is 1. The number of ether oxygens (including phenoxy) is 1. The van der Waals surface area contributed by atoms with Gasteiger partial charge in [0.15, 0.2) is 0 Å². The van der Waals surface area contributed by atoms with Crippen molar-refractivity contribution in [2.75, 3.05) is 13.1 Å². The van der Waals surface area contributed by atoms with Gasteiger partial charge in [0.1, 0.15) is 11.4 Å². The van der Waals surface area contributed by atoms with Crippen LogP contribution in [0.25, 0.3) is 0 Å². The van der Waals surface area contributed by atoms with Crippen LogP contribution in [0.4, 0.5) is 9.18 Å². The van der Waals surface area contributed by atoms with Gasteiger partial charge in [-0.2, -0.15) is 0 Å². The Bertz CT molecular complexity index is 482. The van der Waals surface area contributed by atoms with E-state index in [0.717, 1.165) is 24.9 Å². The maximum Gasteiger partial charge on any atom is 0.410 e. The first-order chi connectivity index (χ1) is 9.33. The average Bonchev–Trinajstić information content (AvgIpc) is 2.75. The fraction of sp³-hybridized carbons (Fsp3) is 0.562. The first-order valence-corrected chi connectivity index (χ1v) is 7.06. The van der Waals surface area contributed by atoms with Crippen molar-refractivity contribution >= 4 is 6.09 Å². The zero-order chi connectivity index (χ0) is 14.8. The molecule has 0 unspecified atom stereocenters. The van der Waals surface area contributed by atoms with Crippen LogP contribution < -0.4 is 0 Å². The Kier molecular flexibility index (Phi) is 4.31. The Morgan fingerprint density at radius 1 is 1.45 bits per heavy atom. The Morgan fingerprint density at radius 3 is 2.85 bits per heavy atom. The van der Waals surface area contributed by atoms with Gasteiger partial charge in [-0.1, -0.05) is 12.1 Å². The van der Waals surface area contributed by atoms with E-state index in [-0.39, 0.29) is 11.9 Å². The van der Waals surface area contributed by atoms with Gasteiger partial charge in [-0.05, 0) is 57.2 Å². The number of benzene rings is 1. The molecule has 4 heteroatoms. The topological polar surface area (TPSA) is 29.5 Å². The molecule has 1 saturated heterocycles. The van der Waals surface area contributed by atoms with E-state index in [9.17, 15) is 9.18 Å². The number of hydrogen-bond donors (Lipinski definition) is 0. The molecule has 1 aliphatic heterocycles. The first kappa shape index (κ1) is 14.8. The van der Waals surface area contributed by atoms with Crippen LogP contribution in [0, 0.1) is 11.7 Å². The molecule has 1 heterocycles. The third-order valence-corrected chi connectivity index (χ3v) is 3.35. The van der Waals surface area contributed by atoms with Crippen molar-refractivity contribution in [1.82, 2.24) is 4.90 Å². The largest absolute Gasteiger partial charge is 0.444 e. The second kappa shape index (κ2) is 5.81. The summed E-state index contributed by atoms with van der Waals surface area (Å²) in [7, 11) is 0. The van der Waals surface area contributed by atoms with Crippen LogP contribution in [-0.2, 0) is 11.2 Å². The molecule has 0 aliphatic carbocycles. The van der Waals surface area contributed by atoms with Gasteiger partial charge in [-0.15, -0.1) is 0 Å². The SMILES string of the molecule is CC(C)(C)OC(=O)N1CC[C@H](Cc2cccc(F)c2)C1. The van der Waals surface area contributed by atoms with Crippen LogP contribution in [-0.4, -0.2) is 29.7 Å². The van der Waals surface area contributed by atoms with E-state index < -0.39 is 5.60 Å². The summed E-state index contributed by atoms with van der Waals surface area (Å²) >= 11 is 0. The molecule has 1 fully saturated rings. The lowest BCUT2D eigenvalue weighted by Crippen LogP contribution is -2.35. The minimum Gasteiger partial charge on any atom is -0.444 e. The van der Waals surface area contributed by atoms with E-state index in [1.54, 1.807) is 17.0 Å². The molecule has 2 rings (SSSR count). The van der Waals surface area contributed by atoms with E-state index >= 15 is 0 Å². The number of likely N-dealkylation sites (tertiary alicyclic amines) is 1. The van der Waals surface area contributed by atoms with Crippen molar-refractivity contribution in [3.63, 3.8) is 0 Å². The molecule has 0 N–H and O–H groups in total. The molecule has 0 saturated carbocycles.